The lowest BCUT2D eigenvalue weighted by molar-refractivity contribution is -0.136. The molecule has 0 bridgehead atoms. The predicted octanol–water partition coefficient (Wildman–Crippen LogP) is 2.70. The topological polar surface area (TPSA) is 54.9 Å². The summed E-state index contributed by atoms with van der Waals surface area (Å²) in [7, 11) is 0. The van der Waals surface area contributed by atoms with E-state index >= 15 is 0 Å². The second kappa shape index (κ2) is 4.87. The summed E-state index contributed by atoms with van der Waals surface area (Å²) in [4.78, 5) is 26.8. The molecule has 1 aromatic heterocycles. The molecule has 0 aliphatic carbocycles. The Labute approximate surface area is 121 Å². The zero-order chi connectivity index (χ0) is 15.9. The van der Waals surface area contributed by atoms with E-state index in [1.807, 2.05) is 0 Å². The average molecular weight is 306 g/mol. The van der Waals surface area contributed by atoms with E-state index in [4.69, 9.17) is 0 Å². The van der Waals surface area contributed by atoms with Gasteiger partial charge in [-0.1, -0.05) is 24.3 Å². The number of fused-ring (bicyclic) bond motifs is 1. The Bertz CT molecular complexity index is 956. The summed E-state index contributed by atoms with van der Waals surface area (Å²) in [6.45, 7) is 0. The summed E-state index contributed by atoms with van der Waals surface area (Å²) < 4.78 is 40.0. The lowest BCUT2D eigenvalue weighted by Crippen LogP contribution is -2.34. The van der Waals surface area contributed by atoms with Gasteiger partial charge in [-0.3, -0.25) is 4.79 Å². The van der Waals surface area contributed by atoms with Crippen LogP contribution in [0.1, 0.15) is 5.56 Å². The highest BCUT2D eigenvalue weighted by Gasteiger charge is 2.34. The predicted molar refractivity (Wildman–Crippen MR) is 75.2 cm³/mol. The van der Waals surface area contributed by atoms with E-state index in [1.165, 1.54) is 18.2 Å². The fourth-order valence-electron chi connectivity index (χ4n) is 2.31. The number of alkyl halides is 3. The van der Waals surface area contributed by atoms with Crippen molar-refractivity contribution < 1.29 is 13.2 Å². The number of halogens is 3. The first kappa shape index (κ1) is 14.1. The molecule has 2 aromatic carbocycles. The Morgan fingerprint density at radius 1 is 0.909 bits per heavy atom. The van der Waals surface area contributed by atoms with Crippen molar-refractivity contribution in [3.8, 4) is 5.69 Å². The summed E-state index contributed by atoms with van der Waals surface area (Å²) >= 11 is 0. The minimum Gasteiger partial charge on any atom is -0.306 e. The monoisotopic (exact) mass is 306 g/mol. The molecule has 0 saturated carbocycles. The van der Waals surface area contributed by atoms with Crippen molar-refractivity contribution in [1.29, 1.82) is 0 Å². The Kier molecular flexibility index (Phi) is 3.13. The van der Waals surface area contributed by atoms with Crippen molar-refractivity contribution in [2.45, 2.75) is 6.18 Å². The van der Waals surface area contributed by atoms with Crippen LogP contribution in [0.5, 0.6) is 0 Å². The molecule has 1 N–H and O–H groups in total. The molecule has 0 amide bonds. The summed E-state index contributed by atoms with van der Waals surface area (Å²) in [6, 6.07) is 11.0. The number of aromatic amines is 1. The maximum Gasteiger partial charge on any atom is 0.417 e. The molecule has 7 heteroatoms. The van der Waals surface area contributed by atoms with Gasteiger partial charge in [0.15, 0.2) is 0 Å². The van der Waals surface area contributed by atoms with E-state index < -0.39 is 28.4 Å². The number of benzene rings is 2. The number of H-pyrrole nitrogens is 1. The molecule has 1 heterocycles. The summed E-state index contributed by atoms with van der Waals surface area (Å²) in [5.41, 5.74) is -2.80. The van der Waals surface area contributed by atoms with E-state index in [9.17, 15) is 22.8 Å². The third-order valence-electron chi connectivity index (χ3n) is 3.25. The molecule has 0 aliphatic rings. The molecule has 0 radical (unpaired) electrons. The van der Waals surface area contributed by atoms with E-state index in [0.717, 1.165) is 12.1 Å². The van der Waals surface area contributed by atoms with E-state index in [1.54, 1.807) is 18.2 Å². The van der Waals surface area contributed by atoms with Crippen molar-refractivity contribution in [3.05, 3.63) is 74.9 Å². The number of hydrogen-bond donors (Lipinski definition) is 1. The molecule has 3 aromatic rings. The van der Waals surface area contributed by atoms with Crippen molar-refractivity contribution >= 4 is 10.9 Å². The van der Waals surface area contributed by atoms with Gasteiger partial charge in [0, 0.05) is 0 Å². The Hall–Kier alpha value is -2.83. The number of nitrogens with one attached hydrogen (secondary N) is 1. The molecule has 112 valence electrons. The van der Waals surface area contributed by atoms with Crippen molar-refractivity contribution in [3.63, 3.8) is 0 Å². The van der Waals surface area contributed by atoms with Gasteiger partial charge < -0.3 is 4.98 Å². The lowest BCUT2D eigenvalue weighted by atomic mass is 10.1. The summed E-state index contributed by atoms with van der Waals surface area (Å²) in [6.07, 6.45) is -4.69. The van der Waals surface area contributed by atoms with Crippen LogP contribution in [0.25, 0.3) is 16.6 Å². The molecule has 22 heavy (non-hydrogen) atoms. The van der Waals surface area contributed by atoms with Crippen molar-refractivity contribution in [1.82, 2.24) is 9.55 Å². The molecule has 0 spiro atoms. The smallest absolute Gasteiger partial charge is 0.306 e. The molecule has 0 fully saturated rings. The first-order chi connectivity index (χ1) is 10.4. The zero-order valence-electron chi connectivity index (χ0n) is 11.0. The number of para-hydroxylation sites is 1. The molecule has 3 rings (SSSR count). The van der Waals surface area contributed by atoms with E-state index in [-0.39, 0.29) is 11.2 Å². The molecule has 0 atom stereocenters. The largest absolute Gasteiger partial charge is 0.417 e. The molecular weight excluding hydrogens is 297 g/mol. The van der Waals surface area contributed by atoms with Gasteiger partial charge in [0.1, 0.15) is 0 Å². The van der Waals surface area contributed by atoms with Gasteiger partial charge in [-0.2, -0.15) is 13.2 Å². The Balaban J connectivity index is 2.48. The zero-order valence-corrected chi connectivity index (χ0v) is 11.0. The highest BCUT2D eigenvalue weighted by molar-refractivity contribution is 5.82. The Morgan fingerprint density at radius 2 is 1.59 bits per heavy atom. The lowest BCUT2D eigenvalue weighted by Gasteiger charge is -2.11. The van der Waals surface area contributed by atoms with Crippen molar-refractivity contribution in [2.24, 2.45) is 0 Å². The van der Waals surface area contributed by atoms with Crippen LogP contribution < -0.4 is 11.2 Å². The van der Waals surface area contributed by atoms with Gasteiger partial charge >= 0.3 is 11.9 Å². The third kappa shape index (κ3) is 2.20. The minimum absolute atomic E-state index is 0.142. The van der Waals surface area contributed by atoms with Gasteiger partial charge in [-0.05, 0) is 24.3 Å². The quantitative estimate of drug-likeness (QED) is 0.751. The molecular formula is C15H9F3N2O2. The molecule has 0 unspecified atom stereocenters. The second-order valence-corrected chi connectivity index (χ2v) is 4.63. The van der Waals surface area contributed by atoms with Crippen LogP contribution in [0.15, 0.2) is 58.1 Å². The Morgan fingerprint density at radius 3 is 2.23 bits per heavy atom. The highest BCUT2D eigenvalue weighted by Crippen LogP contribution is 2.32. The van der Waals surface area contributed by atoms with Crippen LogP contribution >= 0.6 is 0 Å². The average Bonchev–Trinajstić information content (AvgIpc) is 2.46. The molecule has 4 nitrogen and oxygen atoms in total. The fraction of sp³-hybridized carbons (Fsp3) is 0.0667. The normalized spacial score (nSPS) is 11.8. The SMILES string of the molecule is O=c1[nH]c2cccc(C(F)(F)F)c2c(=O)n1-c1ccccc1. The standard InChI is InChI=1S/C15H9F3N2O2/c16-15(17,18)10-7-4-8-11-12(10)13(21)20(14(22)19-11)9-5-2-1-3-6-9/h1-8H,(H,19,22). The number of nitrogens with zero attached hydrogens (tertiary/aromatic N) is 1. The summed E-state index contributed by atoms with van der Waals surface area (Å²) in [5, 5.41) is -0.557. The molecule has 0 saturated heterocycles. The summed E-state index contributed by atoms with van der Waals surface area (Å²) in [5.74, 6) is 0. The number of aromatic nitrogens is 2. The molecule has 0 aliphatic heterocycles. The van der Waals surface area contributed by atoms with Crippen LogP contribution in [0.2, 0.25) is 0 Å². The van der Waals surface area contributed by atoms with Gasteiger partial charge in [0.25, 0.3) is 5.56 Å². The number of hydrogen-bond acceptors (Lipinski definition) is 2. The maximum absolute atomic E-state index is 13.1. The van der Waals surface area contributed by atoms with Crippen LogP contribution in [0.4, 0.5) is 13.2 Å². The van der Waals surface area contributed by atoms with Gasteiger partial charge in [0.05, 0.1) is 22.2 Å². The first-order valence-corrected chi connectivity index (χ1v) is 6.30. The van der Waals surface area contributed by atoms with E-state index in [0.29, 0.717) is 4.57 Å². The first-order valence-electron chi connectivity index (χ1n) is 6.30. The van der Waals surface area contributed by atoms with Crippen LogP contribution in [0.3, 0.4) is 0 Å². The van der Waals surface area contributed by atoms with Gasteiger partial charge in [0.2, 0.25) is 0 Å². The third-order valence-corrected chi connectivity index (χ3v) is 3.25. The van der Waals surface area contributed by atoms with Crippen molar-refractivity contribution in [2.75, 3.05) is 0 Å². The van der Waals surface area contributed by atoms with E-state index in [2.05, 4.69) is 4.98 Å². The van der Waals surface area contributed by atoms with Gasteiger partial charge in [-0.25, -0.2) is 9.36 Å². The van der Waals surface area contributed by atoms with Gasteiger partial charge in [-0.15, -0.1) is 0 Å². The maximum atomic E-state index is 13.1. The minimum atomic E-state index is -4.69. The second-order valence-electron chi connectivity index (χ2n) is 4.63. The fourth-order valence-corrected chi connectivity index (χ4v) is 2.31. The van der Waals surface area contributed by atoms with Crippen LogP contribution in [-0.2, 0) is 6.18 Å². The highest BCUT2D eigenvalue weighted by atomic mass is 19.4. The van der Waals surface area contributed by atoms with Crippen LogP contribution in [-0.4, -0.2) is 9.55 Å². The number of rotatable bonds is 1. The van der Waals surface area contributed by atoms with Crippen LogP contribution in [0, 0.1) is 0 Å².